The second kappa shape index (κ2) is 6.30. The van der Waals surface area contributed by atoms with E-state index < -0.39 is 5.91 Å². The van der Waals surface area contributed by atoms with Gasteiger partial charge in [0.2, 0.25) is 5.89 Å². The highest BCUT2D eigenvalue weighted by atomic mass is 35.5. The number of hydrogen-bond acceptors (Lipinski definition) is 5. The van der Waals surface area contributed by atoms with Gasteiger partial charge in [-0.3, -0.25) is 4.79 Å². The summed E-state index contributed by atoms with van der Waals surface area (Å²) in [7, 11) is 0. The van der Waals surface area contributed by atoms with Crippen LogP contribution >= 0.6 is 11.6 Å². The van der Waals surface area contributed by atoms with Crippen LogP contribution in [-0.4, -0.2) is 16.1 Å². The summed E-state index contributed by atoms with van der Waals surface area (Å²) in [6, 6.07) is 15.5. The lowest BCUT2D eigenvalue weighted by molar-refractivity contribution is 0.0991. The van der Waals surface area contributed by atoms with Crippen LogP contribution in [0.2, 0.25) is 5.02 Å². The van der Waals surface area contributed by atoms with E-state index in [0.29, 0.717) is 21.8 Å². The first-order valence-corrected chi connectivity index (χ1v) is 6.95. The minimum absolute atomic E-state index is 0.159. The molecule has 7 heteroatoms. The van der Waals surface area contributed by atoms with E-state index in [-0.39, 0.29) is 11.8 Å². The van der Waals surface area contributed by atoms with Gasteiger partial charge in [0, 0.05) is 5.69 Å². The van der Waals surface area contributed by atoms with Crippen LogP contribution in [0.25, 0.3) is 11.5 Å². The van der Waals surface area contributed by atoms with Crippen LogP contribution in [0.3, 0.4) is 0 Å². The molecule has 23 heavy (non-hydrogen) atoms. The molecule has 0 aliphatic carbocycles. The van der Waals surface area contributed by atoms with Gasteiger partial charge in [-0.1, -0.05) is 29.8 Å². The smallest absolute Gasteiger partial charge is 0.313 e. The summed E-state index contributed by atoms with van der Waals surface area (Å²) in [5, 5.41) is 19.4. The topological polar surface area (TPSA) is 91.8 Å². The molecule has 6 nitrogen and oxygen atoms in total. The van der Waals surface area contributed by atoms with Crippen molar-refractivity contribution in [3.63, 3.8) is 0 Å². The molecule has 1 N–H and O–H groups in total. The van der Waals surface area contributed by atoms with Gasteiger partial charge in [-0.05, 0) is 30.3 Å². The van der Waals surface area contributed by atoms with Crippen molar-refractivity contribution in [3.05, 3.63) is 65.0 Å². The highest BCUT2D eigenvalue weighted by Crippen LogP contribution is 2.26. The first-order valence-electron chi connectivity index (χ1n) is 6.57. The molecule has 0 radical (unpaired) electrons. The molecule has 1 aromatic heterocycles. The molecule has 0 saturated heterocycles. The number of amides is 1. The van der Waals surface area contributed by atoms with Crippen molar-refractivity contribution in [1.29, 1.82) is 5.26 Å². The van der Waals surface area contributed by atoms with E-state index in [2.05, 4.69) is 15.5 Å². The van der Waals surface area contributed by atoms with Gasteiger partial charge in [-0.2, -0.15) is 5.26 Å². The average Bonchev–Trinajstić information content (AvgIpc) is 3.05. The fraction of sp³-hybridized carbons (Fsp3) is 0. The molecule has 0 fully saturated rings. The van der Waals surface area contributed by atoms with Crippen LogP contribution in [0, 0.1) is 11.3 Å². The SMILES string of the molecule is N#Cc1cccc(NC(=O)c2nnc(-c3ccccc3Cl)o2)c1. The van der Waals surface area contributed by atoms with Crippen LogP contribution in [0.15, 0.2) is 52.9 Å². The molecule has 1 amide bonds. The van der Waals surface area contributed by atoms with Gasteiger partial charge < -0.3 is 9.73 Å². The molecule has 3 rings (SSSR count). The van der Waals surface area contributed by atoms with Crippen LogP contribution in [0.5, 0.6) is 0 Å². The molecule has 0 atom stereocenters. The maximum absolute atomic E-state index is 12.1. The molecule has 0 saturated carbocycles. The number of hydrogen-bond donors (Lipinski definition) is 1. The molecule has 0 unspecified atom stereocenters. The van der Waals surface area contributed by atoms with Crippen LogP contribution in [0.1, 0.15) is 16.2 Å². The first-order chi connectivity index (χ1) is 11.2. The fourth-order valence-electron chi connectivity index (χ4n) is 1.91. The lowest BCUT2D eigenvalue weighted by Crippen LogP contribution is -2.12. The summed E-state index contributed by atoms with van der Waals surface area (Å²) in [6.07, 6.45) is 0. The zero-order chi connectivity index (χ0) is 16.2. The van der Waals surface area contributed by atoms with Gasteiger partial charge in [0.15, 0.2) is 0 Å². The molecule has 0 aliphatic rings. The number of nitriles is 1. The Morgan fingerprint density at radius 3 is 2.78 bits per heavy atom. The Kier molecular flexibility index (Phi) is 4.04. The van der Waals surface area contributed by atoms with Crippen molar-refractivity contribution >= 4 is 23.2 Å². The lowest BCUT2D eigenvalue weighted by Gasteiger charge is -2.02. The number of carbonyl (C=O) groups excluding carboxylic acids is 1. The number of nitrogens with one attached hydrogen (secondary N) is 1. The van der Waals surface area contributed by atoms with Gasteiger partial charge in [0.25, 0.3) is 0 Å². The van der Waals surface area contributed by atoms with E-state index >= 15 is 0 Å². The van der Waals surface area contributed by atoms with Gasteiger partial charge in [-0.25, -0.2) is 0 Å². The number of halogens is 1. The maximum atomic E-state index is 12.1. The van der Waals surface area contributed by atoms with Gasteiger partial charge in [-0.15, -0.1) is 10.2 Å². The number of aromatic nitrogens is 2. The van der Waals surface area contributed by atoms with Crippen molar-refractivity contribution < 1.29 is 9.21 Å². The molecule has 112 valence electrons. The largest absolute Gasteiger partial charge is 0.412 e. The van der Waals surface area contributed by atoms with Gasteiger partial charge in [0.1, 0.15) is 0 Å². The predicted molar refractivity (Wildman–Crippen MR) is 83.9 cm³/mol. The van der Waals surface area contributed by atoms with E-state index in [1.54, 1.807) is 48.5 Å². The highest BCUT2D eigenvalue weighted by molar-refractivity contribution is 6.33. The minimum Gasteiger partial charge on any atom is -0.412 e. The van der Waals surface area contributed by atoms with Crippen LogP contribution in [-0.2, 0) is 0 Å². The Balaban J connectivity index is 1.81. The summed E-state index contributed by atoms with van der Waals surface area (Å²) >= 11 is 6.05. The predicted octanol–water partition coefficient (Wildman–Crippen LogP) is 3.51. The Morgan fingerprint density at radius 1 is 1.17 bits per heavy atom. The summed E-state index contributed by atoms with van der Waals surface area (Å²) in [6.45, 7) is 0. The van der Waals surface area contributed by atoms with E-state index in [1.807, 2.05) is 6.07 Å². The van der Waals surface area contributed by atoms with Crippen molar-refractivity contribution in [1.82, 2.24) is 10.2 Å². The number of benzene rings is 2. The standard InChI is InChI=1S/C16H9ClN4O2/c17-13-7-2-1-6-12(13)15-20-21-16(23-15)14(22)19-11-5-3-4-10(8-11)9-18/h1-8H,(H,19,22). The quantitative estimate of drug-likeness (QED) is 0.795. The molecule has 0 bridgehead atoms. The van der Waals surface area contributed by atoms with Crippen molar-refractivity contribution in [2.24, 2.45) is 0 Å². The number of rotatable bonds is 3. The Hall–Kier alpha value is -3.17. The Bertz CT molecular complexity index is 914. The highest BCUT2D eigenvalue weighted by Gasteiger charge is 2.17. The summed E-state index contributed by atoms with van der Waals surface area (Å²) in [4.78, 5) is 12.1. The van der Waals surface area contributed by atoms with E-state index in [4.69, 9.17) is 21.3 Å². The maximum Gasteiger partial charge on any atom is 0.313 e. The number of anilines is 1. The van der Waals surface area contributed by atoms with Crippen LogP contribution in [0.4, 0.5) is 5.69 Å². The number of carbonyl (C=O) groups is 1. The Morgan fingerprint density at radius 2 is 2.00 bits per heavy atom. The minimum atomic E-state index is -0.564. The second-order valence-electron chi connectivity index (χ2n) is 4.54. The van der Waals surface area contributed by atoms with E-state index in [1.165, 1.54) is 0 Å². The third-order valence-electron chi connectivity index (χ3n) is 2.97. The Labute approximate surface area is 136 Å². The van der Waals surface area contributed by atoms with E-state index in [0.717, 1.165) is 0 Å². The molecular formula is C16H9ClN4O2. The van der Waals surface area contributed by atoms with E-state index in [9.17, 15) is 4.79 Å². The van der Waals surface area contributed by atoms with Crippen molar-refractivity contribution in [2.45, 2.75) is 0 Å². The number of nitrogens with zero attached hydrogens (tertiary/aromatic N) is 3. The first kappa shape index (κ1) is 14.8. The third kappa shape index (κ3) is 3.20. The summed E-state index contributed by atoms with van der Waals surface area (Å²) in [5.41, 5.74) is 1.45. The van der Waals surface area contributed by atoms with Crippen LogP contribution < -0.4 is 5.32 Å². The summed E-state index contributed by atoms with van der Waals surface area (Å²) in [5.74, 6) is -0.598. The molecule has 0 aliphatic heterocycles. The second-order valence-corrected chi connectivity index (χ2v) is 4.95. The monoisotopic (exact) mass is 324 g/mol. The molecule has 1 heterocycles. The summed E-state index contributed by atoms with van der Waals surface area (Å²) < 4.78 is 5.36. The van der Waals surface area contributed by atoms with Crippen molar-refractivity contribution in [2.75, 3.05) is 5.32 Å². The molecule has 3 aromatic rings. The fourth-order valence-corrected chi connectivity index (χ4v) is 2.13. The molecular weight excluding hydrogens is 316 g/mol. The molecule has 0 spiro atoms. The normalized spacial score (nSPS) is 10.1. The van der Waals surface area contributed by atoms with Gasteiger partial charge in [0.05, 0.1) is 22.2 Å². The molecule has 2 aromatic carbocycles. The zero-order valence-corrected chi connectivity index (χ0v) is 12.4. The lowest BCUT2D eigenvalue weighted by atomic mass is 10.2. The third-order valence-corrected chi connectivity index (χ3v) is 3.30. The average molecular weight is 325 g/mol. The van der Waals surface area contributed by atoms with Gasteiger partial charge >= 0.3 is 11.8 Å². The van der Waals surface area contributed by atoms with Crippen molar-refractivity contribution in [3.8, 4) is 17.5 Å². The zero-order valence-electron chi connectivity index (χ0n) is 11.7.